The van der Waals surface area contributed by atoms with Gasteiger partial charge in [-0.2, -0.15) is 0 Å². The molecule has 0 aromatic heterocycles. The Labute approximate surface area is 122 Å². The number of hydrogen-bond acceptors (Lipinski definition) is 5. The van der Waals surface area contributed by atoms with E-state index in [4.69, 9.17) is 0 Å². The maximum Gasteiger partial charge on any atom is 0.229 e. The van der Waals surface area contributed by atoms with Gasteiger partial charge >= 0.3 is 0 Å². The van der Waals surface area contributed by atoms with Crippen molar-refractivity contribution < 1.29 is 8.42 Å². The number of benzene rings is 1. The third-order valence-electron chi connectivity index (χ3n) is 3.07. The Balaban J connectivity index is 1.82. The molecule has 3 rings (SSSR count). The SMILES string of the molecule is CS(=O)(=O)Nc1ccc(C2=CSC3=NCCCN23)cc1. The number of fused-ring (bicyclic) bond motifs is 1. The van der Waals surface area contributed by atoms with Crippen LogP contribution in [0.5, 0.6) is 0 Å². The first kappa shape index (κ1) is 13.5. The molecule has 0 saturated carbocycles. The van der Waals surface area contributed by atoms with Gasteiger partial charge in [-0.05, 0) is 24.1 Å². The van der Waals surface area contributed by atoms with Crippen LogP contribution in [0.25, 0.3) is 5.70 Å². The maximum atomic E-state index is 11.2. The lowest BCUT2D eigenvalue weighted by atomic mass is 10.1. The van der Waals surface area contributed by atoms with Crippen molar-refractivity contribution in [2.45, 2.75) is 6.42 Å². The molecule has 2 heterocycles. The zero-order valence-electron chi connectivity index (χ0n) is 11.0. The van der Waals surface area contributed by atoms with Crippen molar-refractivity contribution in [3.8, 4) is 0 Å². The Morgan fingerprint density at radius 3 is 2.75 bits per heavy atom. The van der Waals surface area contributed by atoms with E-state index in [-0.39, 0.29) is 0 Å². The molecule has 0 bridgehead atoms. The smallest absolute Gasteiger partial charge is 0.229 e. The van der Waals surface area contributed by atoms with E-state index in [0.29, 0.717) is 5.69 Å². The summed E-state index contributed by atoms with van der Waals surface area (Å²) >= 11 is 1.65. The number of nitrogens with one attached hydrogen (secondary N) is 1. The summed E-state index contributed by atoms with van der Waals surface area (Å²) in [6, 6.07) is 7.41. The lowest BCUT2D eigenvalue weighted by Gasteiger charge is -2.25. The molecule has 0 amide bonds. The average Bonchev–Trinajstić information content (AvgIpc) is 2.82. The van der Waals surface area contributed by atoms with E-state index in [2.05, 4.69) is 20.0 Å². The lowest BCUT2D eigenvalue weighted by molar-refractivity contribution is 0.542. The highest BCUT2D eigenvalue weighted by Crippen LogP contribution is 2.35. The second kappa shape index (κ2) is 5.14. The zero-order valence-corrected chi connectivity index (χ0v) is 12.7. The van der Waals surface area contributed by atoms with E-state index in [1.807, 2.05) is 12.1 Å². The van der Waals surface area contributed by atoms with Crippen LogP contribution in [0.3, 0.4) is 0 Å². The topological polar surface area (TPSA) is 61.8 Å². The molecule has 7 heteroatoms. The molecule has 2 aliphatic heterocycles. The molecule has 1 aromatic rings. The highest BCUT2D eigenvalue weighted by atomic mass is 32.2. The van der Waals surface area contributed by atoms with E-state index >= 15 is 0 Å². The molecule has 0 unspecified atom stereocenters. The first-order valence-electron chi connectivity index (χ1n) is 6.30. The van der Waals surface area contributed by atoms with Crippen LogP contribution in [0.4, 0.5) is 5.69 Å². The van der Waals surface area contributed by atoms with Crippen LogP contribution in [0.1, 0.15) is 12.0 Å². The minimum Gasteiger partial charge on any atom is -0.320 e. The third-order valence-corrected chi connectivity index (χ3v) is 4.58. The molecule has 0 aliphatic carbocycles. The van der Waals surface area contributed by atoms with E-state index in [0.717, 1.165) is 42.2 Å². The van der Waals surface area contributed by atoms with Crippen molar-refractivity contribution in [3.63, 3.8) is 0 Å². The molecule has 0 fully saturated rings. The third kappa shape index (κ3) is 2.83. The number of amidine groups is 1. The summed E-state index contributed by atoms with van der Waals surface area (Å²) in [5.74, 6) is 0. The fourth-order valence-electron chi connectivity index (χ4n) is 2.23. The van der Waals surface area contributed by atoms with Crippen molar-refractivity contribution >= 4 is 38.3 Å². The van der Waals surface area contributed by atoms with E-state index in [1.165, 1.54) is 0 Å². The van der Waals surface area contributed by atoms with Crippen LogP contribution in [-0.4, -0.2) is 37.8 Å². The van der Waals surface area contributed by atoms with Crippen molar-refractivity contribution in [3.05, 3.63) is 35.2 Å². The Morgan fingerprint density at radius 1 is 1.30 bits per heavy atom. The summed E-state index contributed by atoms with van der Waals surface area (Å²) in [5.41, 5.74) is 2.79. The van der Waals surface area contributed by atoms with Gasteiger partial charge in [-0.15, -0.1) is 0 Å². The summed E-state index contributed by atoms with van der Waals surface area (Å²) in [6.45, 7) is 1.89. The monoisotopic (exact) mass is 309 g/mol. The second-order valence-corrected chi connectivity index (χ2v) is 7.33. The minimum absolute atomic E-state index is 0.579. The Hall–Kier alpha value is -1.47. The van der Waals surface area contributed by atoms with Crippen LogP contribution in [0.2, 0.25) is 0 Å². The minimum atomic E-state index is -3.23. The summed E-state index contributed by atoms with van der Waals surface area (Å²) in [5, 5.41) is 3.16. The molecule has 1 N–H and O–H groups in total. The van der Waals surface area contributed by atoms with Gasteiger partial charge in [-0.25, -0.2) is 8.42 Å². The summed E-state index contributed by atoms with van der Waals surface area (Å²) in [7, 11) is -3.23. The number of nitrogens with zero attached hydrogens (tertiary/aromatic N) is 2. The Morgan fingerprint density at radius 2 is 2.05 bits per heavy atom. The molecule has 5 nitrogen and oxygen atoms in total. The molecule has 0 saturated heterocycles. The molecular formula is C13H15N3O2S2. The van der Waals surface area contributed by atoms with Gasteiger partial charge in [-0.3, -0.25) is 9.71 Å². The Bertz CT molecular complexity index is 678. The van der Waals surface area contributed by atoms with Gasteiger partial charge in [-0.1, -0.05) is 23.9 Å². The molecule has 0 radical (unpaired) electrons. The van der Waals surface area contributed by atoms with Gasteiger partial charge in [0.05, 0.1) is 12.0 Å². The van der Waals surface area contributed by atoms with Crippen molar-refractivity contribution in [2.75, 3.05) is 24.1 Å². The van der Waals surface area contributed by atoms with Gasteiger partial charge < -0.3 is 4.90 Å². The Kier molecular flexibility index (Phi) is 3.47. The molecule has 0 atom stereocenters. The van der Waals surface area contributed by atoms with Gasteiger partial charge in [0, 0.05) is 24.2 Å². The zero-order chi connectivity index (χ0) is 14.2. The lowest BCUT2D eigenvalue weighted by Crippen LogP contribution is -2.28. The predicted molar refractivity (Wildman–Crippen MR) is 84.1 cm³/mol. The molecule has 20 heavy (non-hydrogen) atoms. The van der Waals surface area contributed by atoms with Crippen LogP contribution < -0.4 is 4.72 Å². The van der Waals surface area contributed by atoms with Gasteiger partial charge in [0.25, 0.3) is 0 Å². The van der Waals surface area contributed by atoms with Crippen LogP contribution in [-0.2, 0) is 10.0 Å². The summed E-state index contributed by atoms with van der Waals surface area (Å²) in [6.07, 6.45) is 2.21. The number of aliphatic imine (C=N–C) groups is 1. The fraction of sp³-hybridized carbons (Fsp3) is 0.308. The first-order valence-corrected chi connectivity index (χ1v) is 9.07. The van der Waals surface area contributed by atoms with Gasteiger partial charge in [0.1, 0.15) is 0 Å². The van der Waals surface area contributed by atoms with Crippen LogP contribution in [0, 0.1) is 0 Å². The fourth-order valence-corrected chi connectivity index (χ4v) is 3.76. The van der Waals surface area contributed by atoms with Crippen molar-refractivity contribution in [2.24, 2.45) is 4.99 Å². The normalized spacial score (nSPS) is 18.4. The number of sulfonamides is 1. The molecule has 2 aliphatic rings. The molecule has 1 aromatic carbocycles. The van der Waals surface area contributed by atoms with Crippen LogP contribution in [0.15, 0.2) is 34.7 Å². The molecule has 106 valence electrons. The largest absolute Gasteiger partial charge is 0.320 e. The summed E-state index contributed by atoms with van der Waals surface area (Å²) in [4.78, 5) is 6.71. The molecule has 0 spiro atoms. The first-order chi connectivity index (χ1) is 9.53. The highest BCUT2D eigenvalue weighted by molar-refractivity contribution is 8.16. The quantitative estimate of drug-likeness (QED) is 0.929. The number of thioether (sulfide) groups is 1. The number of hydrogen-bond donors (Lipinski definition) is 1. The average molecular weight is 309 g/mol. The number of rotatable bonds is 3. The van der Waals surface area contributed by atoms with Crippen molar-refractivity contribution in [1.82, 2.24) is 4.90 Å². The van der Waals surface area contributed by atoms with Crippen LogP contribution >= 0.6 is 11.8 Å². The number of anilines is 1. The molecular weight excluding hydrogens is 294 g/mol. The predicted octanol–water partition coefficient (Wildman–Crippen LogP) is 2.17. The maximum absolute atomic E-state index is 11.2. The van der Waals surface area contributed by atoms with E-state index in [9.17, 15) is 8.42 Å². The second-order valence-electron chi connectivity index (χ2n) is 4.74. The standard InChI is InChI=1S/C13H15N3O2S2/c1-20(17,18)15-11-5-3-10(4-6-11)12-9-19-13-14-7-2-8-16(12)13/h3-6,9,15H,2,7-8H2,1H3. The van der Waals surface area contributed by atoms with E-state index < -0.39 is 10.0 Å². The van der Waals surface area contributed by atoms with E-state index in [1.54, 1.807) is 23.9 Å². The highest BCUT2D eigenvalue weighted by Gasteiger charge is 2.25. The van der Waals surface area contributed by atoms with Crippen molar-refractivity contribution in [1.29, 1.82) is 0 Å². The van der Waals surface area contributed by atoms with Gasteiger partial charge in [0.15, 0.2) is 5.17 Å². The van der Waals surface area contributed by atoms with Gasteiger partial charge in [0.2, 0.25) is 10.0 Å². The summed E-state index contributed by atoms with van der Waals surface area (Å²) < 4.78 is 24.8.